The molecule has 0 aliphatic carbocycles. The first-order valence-corrected chi connectivity index (χ1v) is 10.6. The number of nitrogens with zero attached hydrogens (tertiary/aromatic N) is 3. The second-order valence-corrected chi connectivity index (χ2v) is 7.99. The normalized spacial score (nSPS) is 17.0. The third-order valence-electron chi connectivity index (χ3n) is 6.10. The number of nitrogens with one attached hydrogen (secondary N) is 1. The molecule has 6 nitrogen and oxygen atoms in total. The van der Waals surface area contributed by atoms with Crippen molar-refractivity contribution in [2.45, 2.75) is 25.7 Å². The van der Waals surface area contributed by atoms with E-state index in [0.29, 0.717) is 12.5 Å². The highest BCUT2D eigenvalue weighted by atomic mass is 16.5. The minimum absolute atomic E-state index is 0.0885. The van der Waals surface area contributed by atoms with E-state index in [0.717, 1.165) is 59.3 Å². The Hall–Kier alpha value is -3.28. The summed E-state index contributed by atoms with van der Waals surface area (Å²) >= 11 is 0. The number of fused-ring (bicyclic) bond motifs is 2. The summed E-state index contributed by atoms with van der Waals surface area (Å²) in [5, 5.41) is 1.03. The Bertz CT molecular complexity index is 1190. The van der Waals surface area contributed by atoms with Crippen molar-refractivity contribution in [2.75, 3.05) is 19.7 Å². The van der Waals surface area contributed by atoms with Crippen LogP contribution in [0, 0.1) is 0 Å². The number of ether oxygens (including phenoxy) is 1. The number of hydrogen-bond donors (Lipinski definition) is 1. The van der Waals surface area contributed by atoms with Crippen LogP contribution in [0.2, 0.25) is 0 Å². The molecule has 1 fully saturated rings. The molecule has 6 heteroatoms. The SMILES string of the molecule is CCOc1ccc2c(c1)cc(C(=O)N1CCC[C@@H](c3cc4ncccc4[nH]3)C1)n2C. The summed E-state index contributed by atoms with van der Waals surface area (Å²) in [4.78, 5) is 23.3. The van der Waals surface area contributed by atoms with Gasteiger partial charge in [-0.3, -0.25) is 9.78 Å². The second kappa shape index (κ2) is 7.52. The van der Waals surface area contributed by atoms with Crippen LogP contribution in [0.15, 0.2) is 48.7 Å². The molecule has 0 radical (unpaired) electrons. The maximum atomic E-state index is 13.4. The molecule has 1 saturated heterocycles. The van der Waals surface area contributed by atoms with Gasteiger partial charge in [0.15, 0.2) is 0 Å². The lowest BCUT2D eigenvalue weighted by atomic mass is 9.94. The third kappa shape index (κ3) is 3.22. The Kier molecular flexibility index (Phi) is 4.69. The molecule has 4 aromatic rings. The van der Waals surface area contributed by atoms with Gasteiger partial charge in [0.1, 0.15) is 11.4 Å². The predicted molar refractivity (Wildman–Crippen MR) is 118 cm³/mol. The van der Waals surface area contributed by atoms with Gasteiger partial charge >= 0.3 is 0 Å². The fourth-order valence-corrected chi connectivity index (χ4v) is 4.56. The topological polar surface area (TPSA) is 63.1 Å². The first kappa shape index (κ1) is 18.7. The summed E-state index contributed by atoms with van der Waals surface area (Å²) in [5.74, 6) is 1.22. The number of hydrogen-bond acceptors (Lipinski definition) is 3. The van der Waals surface area contributed by atoms with Gasteiger partial charge in [0.05, 0.1) is 17.6 Å². The minimum Gasteiger partial charge on any atom is -0.494 e. The zero-order valence-corrected chi connectivity index (χ0v) is 17.4. The van der Waals surface area contributed by atoms with E-state index in [9.17, 15) is 4.79 Å². The van der Waals surface area contributed by atoms with Crippen LogP contribution in [0.4, 0.5) is 0 Å². The predicted octanol–water partition coefficient (Wildman–Crippen LogP) is 4.47. The summed E-state index contributed by atoms with van der Waals surface area (Å²) in [6, 6.07) is 14.1. The number of aryl methyl sites for hydroxylation is 1. The van der Waals surface area contributed by atoms with Crippen molar-refractivity contribution < 1.29 is 9.53 Å². The summed E-state index contributed by atoms with van der Waals surface area (Å²) in [6.07, 6.45) is 3.88. The Balaban J connectivity index is 1.40. The van der Waals surface area contributed by atoms with Crippen molar-refractivity contribution in [1.82, 2.24) is 19.4 Å². The Morgan fingerprint density at radius 1 is 1.27 bits per heavy atom. The number of aromatic amines is 1. The first-order chi connectivity index (χ1) is 14.6. The number of aromatic nitrogens is 3. The molecule has 1 N–H and O–H groups in total. The molecule has 0 saturated carbocycles. The van der Waals surface area contributed by atoms with Crippen LogP contribution in [0.5, 0.6) is 5.75 Å². The van der Waals surface area contributed by atoms with E-state index in [1.54, 1.807) is 0 Å². The number of benzene rings is 1. The standard InChI is InChI=1S/C24H26N4O2/c1-3-30-18-8-9-22-17(12-18)13-23(27(22)2)24(29)28-11-5-6-16(15-28)20-14-21-19(26-20)7-4-10-25-21/h4,7-10,12-14,16,26H,3,5-6,11,15H2,1-2H3/t16-/m1/s1. The number of pyridine rings is 1. The fourth-order valence-electron chi connectivity index (χ4n) is 4.56. The zero-order valence-electron chi connectivity index (χ0n) is 17.4. The summed E-state index contributed by atoms with van der Waals surface area (Å²) < 4.78 is 7.60. The van der Waals surface area contributed by atoms with E-state index in [1.165, 1.54) is 5.69 Å². The molecule has 1 aliphatic rings. The van der Waals surface area contributed by atoms with Crippen LogP contribution in [0.1, 0.15) is 41.9 Å². The number of H-pyrrole nitrogens is 1. The van der Waals surface area contributed by atoms with Gasteiger partial charge < -0.3 is 19.2 Å². The van der Waals surface area contributed by atoms with Gasteiger partial charge in [-0.1, -0.05) is 0 Å². The maximum absolute atomic E-state index is 13.4. The van der Waals surface area contributed by atoms with Crippen molar-refractivity contribution in [1.29, 1.82) is 0 Å². The highest BCUT2D eigenvalue weighted by Crippen LogP contribution is 2.30. The summed E-state index contributed by atoms with van der Waals surface area (Å²) in [6.45, 7) is 4.11. The molecule has 5 rings (SSSR count). The van der Waals surface area contributed by atoms with Gasteiger partial charge in [-0.25, -0.2) is 0 Å². The Morgan fingerprint density at radius 3 is 3.00 bits per heavy atom. The lowest BCUT2D eigenvalue weighted by Gasteiger charge is -2.32. The quantitative estimate of drug-likeness (QED) is 0.548. The zero-order chi connectivity index (χ0) is 20.7. The van der Waals surface area contributed by atoms with Crippen LogP contribution in [-0.2, 0) is 7.05 Å². The number of rotatable bonds is 4. The van der Waals surface area contributed by atoms with Gasteiger partial charge in [0.2, 0.25) is 0 Å². The molecule has 1 atom stereocenters. The molecule has 1 amide bonds. The molecule has 0 spiro atoms. The Morgan fingerprint density at radius 2 is 2.17 bits per heavy atom. The van der Waals surface area contributed by atoms with Gasteiger partial charge in [-0.2, -0.15) is 0 Å². The van der Waals surface area contributed by atoms with Crippen molar-refractivity contribution in [3.8, 4) is 5.75 Å². The monoisotopic (exact) mass is 402 g/mol. The third-order valence-corrected chi connectivity index (χ3v) is 6.10. The Labute approximate surface area is 175 Å². The maximum Gasteiger partial charge on any atom is 0.270 e. The van der Waals surface area contributed by atoms with E-state index >= 15 is 0 Å². The van der Waals surface area contributed by atoms with Crippen LogP contribution >= 0.6 is 0 Å². The average molecular weight is 402 g/mol. The summed E-state index contributed by atoms with van der Waals surface area (Å²) in [5.41, 5.74) is 4.96. The van der Waals surface area contributed by atoms with Gasteiger partial charge in [0, 0.05) is 48.8 Å². The fraction of sp³-hybridized carbons (Fsp3) is 0.333. The van der Waals surface area contributed by atoms with E-state index in [-0.39, 0.29) is 5.91 Å². The average Bonchev–Trinajstić information content (AvgIpc) is 3.35. The van der Waals surface area contributed by atoms with Crippen molar-refractivity contribution in [2.24, 2.45) is 7.05 Å². The van der Waals surface area contributed by atoms with Gasteiger partial charge in [0.25, 0.3) is 5.91 Å². The number of piperidine rings is 1. The highest BCUT2D eigenvalue weighted by molar-refractivity contribution is 5.99. The minimum atomic E-state index is 0.0885. The summed E-state index contributed by atoms with van der Waals surface area (Å²) in [7, 11) is 1.96. The van der Waals surface area contributed by atoms with E-state index in [4.69, 9.17) is 4.74 Å². The molecule has 1 aromatic carbocycles. The second-order valence-electron chi connectivity index (χ2n) is 7.99. The number of carbonyl (C=O) groups excluding carboxylic acids is 1. The van der Waals surface area contributed by atoms with Crippen LogP contribution < -0.4 is 4.74 Å². The van der Waals surface area contributed by atoms with Gasteiger partial charge in [-0.15, -0.1) is 0 Å². The number of likely N-dealkylation sites (tertiary alicyclic amines) is 1. The molecule has 30 heavy (non-hydrogen) atoms. The molecule has 154 valence electrons. The van der Waals surface area contributed by atoms with E-state index in [2.05, 4.69) is 16.0 Å². The van der Waals surface area contributed by atoms with Crippen molar-refractivity contribution in [3.05, 3.63) is 60.0 Å². The molecular formula is C24H26N4O2. The molecular weight excluding hydrogens is 376 g/mol. The smallest absolute Gasteiger partial charge is 0.270 e. The van der Waals surface area contributed by atoms with Crippen LogP contribution in [-0.4, -0.2) is 45.0 Å². The molecule has 0 bridgehead atoms. The highest BCUT2D eigenvalue weighted by Gasteiger charge is 2.28. The van der Waals surface area contributed by atoms with Crippen molar-refractivity contribution >= 4 is 27.8 Å². The van der Waals surface area contributed by atoms with E-state index < -0.39 is 0 Å². The molecule has 0 unspecified atom stereocenters. The van der Waals surface area contributed by atoms with Crippen LogP contribution in [0.25, 0.3) is 21.9 Å². The lowest BCUT2D eigenvalue weighted by molar-refractivity contribution is 0.0697. The van der Waals surface area contributed by atoms with Crippen LogP contribution in [0.3, 0.4) is 0 Å². The molecule has 4 heterocycles. The molecule has 3 aromatic heterocycles. The largest absolute Gasteiger partial charge is 0.494 e. The van der Waals surface area contributed by atoms with E-state index in [1.807, 2.05) is 66.0 Å². The first-order valence-electron chi connectivity index (χ1n) is 10.6. The number of amides is 1. The van der Waals surface area contributed by atoms with Crippen molar-refractivity contribution in [3.63, 3.8) is 0 Å². The molecule has 1 aliphatic heterocycles. The number of carbonyl (C=O) groups is 1. The lowest BCUT2D eigenvalue weighted by Crippen LogP contribution is -2.39. The van der Waals surface area contributed by atoms with Gasteiger partial charge in [-0.05, 0) is 62.2 Å².